The third kappa shape index (κ3) is 3.21. The van der Waals surface area contributed by atoms with Crippen LogP contribution in [0.25, 0.3) is 0 Å². The van der Waals surface area contributed by atoms with Crippen molar-refractivity contribution in [2.45, 2.75) is 30.3 Å². The third-order valence-electron chi connectivity index (χ3n) is 2.98. The van der Waals surface area contributed by atoms with Gasteiger partial charge in [0, 0.05) is 13.0 Å². The van der Waals surface area contributed by atoms with Gasteiger partial charge in [-0.1, -0.05) is 12.1 Å². The van der Waals surface area contributed by atoms with Crippen LogP contribution in [0.15, 0.2) is 29.2 Å². The Morgan fingerprint density at radius 3 is 2.75 bits per heavy atom. The highest BCUT2D eigenvalue weighted by molar-refractivity contribution is 7.89. The Morgan fingerprint density at radius 2 is 2.10 bits per heavy atom. The van der Waals surface area contributed by atoms with Gasteiger partial charge in [-0.3, -0.25) is 14.9 Å². The van der Waals surface area contributed by atoms with Crippen LogP contribution in [0, 0.1) is 0 Å². The number of piperidine rings is 1. The van der Waals surface area contributed by atoms with Crippen molar-refractivity contribution in [2.24, 2.45) is 5.73 Å². The molecule has 8 heteroatoms. The van der Waals surface area contributed by atoms with Gasteiger partial charge in [0.15, 0.2) is 0 Å². The quantitative estimate of drug-likeness (QED) is 0.631. The van der Waals surface area contributed by atoms with Crippen molar-refractivity contribution in [2.75, 3.05) is 0 Å². The SMILES string of the molecule is NCc1cccc(S(=O)(=O)NC2CCC(=O)NC2=O)c1. The molecule has 0 aliphatic carbocycles. The molecule has 1 atom stereocenters. The van der Waals surface area contributed by atoms with Crippen LogP contribution in [0.3, 0.4) is 0 Å². The van der Waals surface area contributed by atoms with Gasteiger partial charge in [-0.05, 0) is 24.1 Å². The van der Waals surface area contributed by atoms with E-state index in [1.165, 1.54) is 12.1 Å². The highest BCUT2D eigenvalue weighted by Crippen LogP contribution is 2.14. The Balaban J connectivity index is 2.18. The fourth-order valence-corrected chi connectivity index (χ4v) is 3.20. The van der Waals surface area contributed by atoms with Gasteiger partial charge in [-0.15, -0.1) is 0 Å². The van der Waals surface area contributed by atoms with Gasteiger partial charge in [0.25, 0.3) is 0 Å². The van der Waals surface area contributed by atoms with Crippen LogP contribution in [-0.2, 0) is 26.2 Å². The molecule has 7 nitrogen and oxygen atoms in total. The van der Waals surface area contributed by atoms with Crippen molar-refractivity contribution in [3.63, 3.8) is 0 Å². The number of carbonyl (C=O) groups excluding carboxylic acids is 2. The summed E-state index contributed by atoms with van der Waals surface area (Å²) in [7, 11) is -3.82. The van der Waals surface area contributed by atoms with Crippen LogP contribution < -0.4 is 15.8 Å². The molecule has 0 saturated carbocycles. The average Bonchev–Trinajstić information content (AvgIpc) is 2.42. The first-order valence-corrected chi connectivity index (χ1v) is 7.56. The molecule has 0 aromatic heterocycles. The molecule has 1 aromatic rings. The normalized spacial score (nSPS) is 19.8. The van der Waals surface area contributed by atoms with Crippen LogP contribution >= 0.6 is 0 Å². The first-order valence-electron chi connectivity index (χ1n) is 6.07. The Hall–Kier alpha value is -1.77. The smallest absolute Gasteiger partial charge is 0.244 e. The monoisotopic (exact) mass is 297 g/mol. The van der Waals surface area contributed by atoms with E-state index in [4.69, 9.17) is 5.73 Å². The number of nitrogens with one attached hydrogen (secondary N) is 2. The van der Waals surface area contributed by atoms with E-state index in [0.717, 1.165) is 0 Å². The number of carbonyl (C=O) groups is 2. The second kappa shape index (κ2) is 5.70. The number of rotatable bonds is 4. The Kier molecular flexibility index (Phi) is 4.17. The lowest BCUT2D eigenvalue weighted by Crippen LogP contribution is -2.52. The standard InChI is InChI=1S/C12H15N3O4S/c13-7-8-2-1-3-9(6-8)20(18,19)15-10-4-5-11(16)14-12(10)17/h1-3,6,10,15H,4-5,7,13H2,(H,14,16,17). The Bertz CT molecular complexity index is 642. The van der Waals surface area contributed by atoms with Crippen LogP contribution in [0.5, 0.6) is 0 Å². The molecule has 2 amide bonds. The topological polar surface area (TPSA) is 118 Å². The molecule has 0 bridgehead atoms. The maximum atomic E-state index is 12.2. The molecule has 1 saturated heterocycles. The van der Waals surface area contributed by atoms with E-state index in [0.29, 0.717) is 5.56 Å². The molecule has 1 heterocycles. The van der Waals surface area contributed by atoms with E-state index in [9.17, 15) is 18.0 Å². The number of benzene rings is 1. The van der Waals surface area contributed by atoms with E-state index < -0.39 is 27.9 Å². The van der Waals surface area contributed by atoms with Gasteiger partial charge in [-0.2, -0.15) is 4.72 Å². The number of imide groups is 1. The highest BCUT2D eigenvalue weighted by Gasteiger charge is 2.30. The molecule has 2 rings (SSSR count). The zero-order chi connectivity index (χ0) is 14.8. The molecule has 1 aromatic carbocycles. The first kappa shape index (κ1) is 14.6. The summed E-state index contributed by atoms with van der Waals surface area (Å²) >= 11 is 0. The summed E-state index contributed by atoms with van der Waals surface area (Å²) in [6, 6.07) is 5.24. The summed E-state index contributed by atoms with van der Waals surface area (Å²) in [4.78, 5) is 22.6. The zero-order valence-corrected chi connectivity index (χ0v) is 11.4. The Labute approximate surface area is 116 Å². The van der Waals surface area contributed by atoms with Crippen molar-refractivity contribution < 1.29 is 18.0 Å². The van der Waals surface area contributed by atoms with Gasteiger partial charge in [-0.25, -0.2) is 8.42 Å². The second-order valence-corrected chi connectivity index (χ2v) is 6.19. The van der Waals surface area contributed by atoms with E-state index in [2.05, 4.69) is 10.0 Å². The molecule has 1 fully saturated rings. The van der Waals surface area contributed by atoms with Crippen molar-refractivity contribution in [1.82, 2.24) is 10.0 Å². The van der Waals surface area contributed by atoms with Crippen LogP contribution in [-0.4, -0.2) is 26.3 Å². The maximum absolute atomic E-state index is 12.2. The van der Waals surface area contributed by atoms with E-state index in [1.54, 1.807) is 12.1 Å². The lowest BCUT2D eigenvalue weighted by molar-refractivity contribution is -0.134. The molecule has 4 N–H and O–H groups in total. The van der Waals surface area contributed by atoms with Gasteiger partial charge >= 0.3 is 0 Å². The molecule has 1 aliphatic heterocycles. The van der Waals surface area contributed by atoms with Crippen molar-refractivity contribution in [1.29, 1.82) is 0 Å². The summed E-state index contributed by atoms with van der Waals surface area (Å²) in [5.74, 6) is -1.02. The molecule has 108 valence electrons. The lowest BCUT2D eigenvalue weighted by Gasteiger charge is -2.21. The highest BCUT2D eigenvalue weighted by atomic mass is 32.2. The number of nitrogens with two attached hydrogens (primary N) is 1. The Morgan fingerprint density at radius 1 is 1.35 bits per heavy atom. The minimum atomic E-state index is -3.82. The van der Waals surface area contributed by atoms with E-state index in [-0.39, 0.29) is 24.3 Å². The fraction of sp³-hybridized carbons (Fsp3) is 0.333. The molecular formula is C12H15N3O4S. The van der Waals surface area contributed by atoms with E-state index in [1.807, 2.05) is 0 Å². The average molecular weight is 297 g/mol. The molecule has 1 unspecified atom stereocenters. The molecule has 0 radical (unpaired) electrons. The van der Waals surface area contributed by atoms with Crippen molar-refractivity contribution >= 4 is 21.8 Å². The third-order valence-corrected chi connectivity index (χ3v) is 4.45. The summed E-state index contributed by atoms with van der Waals surface area (Å²) in [5, 5.41) is 2.10. The van der Waals surface area contributed by atoms with Gasteiger partial charge < -0.3 is 5.73 Å². The van der Waals surface area contributed by atoms with Gasteiger partial charge in [0.2, 0.25) is 21.8 Å². The number of hydrogen-bond donors (Lipinski definition) is 3. The number of hydrogen-bond acceptors (Lipinski definition) is 5. The van der Waals surface area contributed by atoms with E-state index >= 15 is 0 Å². The molecule has 1 aliphatic rings. The molecule has 20 heavy (non-hydrogen) atoms. The van der Waals surface area contributed by atoms with Crippen molar-refractivity contribution in [3.8, 4) is 0 Å². The second-order valence-electron chi connectivity index (χ2n) is 4.48. The van der Waals surface area contributed by atoms with Crippen LogP contribution in [0.1, 0.15) is 18.4 Å². The van der Waals surface area contributed by atoms with Crippen LogP contribution in [0.4, 0.5) is 0 Å². The maximum Gasteiger partial charge on any atom is 0.244 e. The predicted octanol–water partition coefficient (Wildman–Crippen LogP) is -0.771. The summed E-state index contributed by atoms with van der Waals surface area (Å²) in [5.41, 5.74) is 6.14. The summed E-state index contributed by atoms with van der Waals surface area (Å²) in [6.45, 7) is 0.224. The number of amides is 2. The molecular weight excluding hydrogens is 282 g/mol. The minimum Gasteiger partial charge on any atom is -0.326 e. The fourth-order valence-electron chi connectivity index (χ4n) is 1.90. The summed E-state index contributed by atoms with van der Waals surface area (Å²) < 4.78 is 26.7. The first-order chi connectivity index (χ1) is 9.42. The number of sulfonamides is 1. The lowest BCUT2D eigenvalue weighted by atomic mass is 10.1. The molecule has 0 spiro atoms. The van der Waals surface area contributed by atoms with Crippen molar-refractivity contribution in [3.05, 3.63) is 29.8 Å². The summed E-state index contributed by atoms with van der Waals surface area (Å²) in [6.07, 6.45) is 0.266. The largest absolute Gasteiger partial charge is 0.326 e. The van der Waals surface area contributed by atoms with Gasteiger partial charge in [0.05, 0.1) is 4.90 Å². The van der Waals surface area contributed by atoms with Crippen LogP contribution in [0.2, 0.25) is 0 Å². The zero-order valence-electron chi connectivity index (χ0n) is 10.6. The minimum absolute atomic E-state index is 0.0464. The predicted molar refractivity (Wildman–Crippen MR) is 70.8 cm³/mol. The van der Waals surface area contributed by atoms with Gasteiger partial charge in [0.1, 0.15) is 6.04 Å².